The molecule has 16 heavy (non-hydrogen) atoms. The minimum Gasteiger partial charge on any atom is -0.309 e. The Morgan fingerprint density at radius 1 is 0.938 bits per heavy atom. The third-order valence-electron chi connectivity index (χ3n) is 2.60. The molecule has 2 aromatic carbocycles. The first kappa shape index (κ1) is 10.9. The molecule has 0 bridgehead atoms. The second kappa shape index (κ2) is 5.47. The van der Waals surface area contributed by atoms with Gasteiger partial charge in [-0.3, -0.25) is 0 Å². The first-order valence-corrected chi connectivity index (χ1v) is 5.56. The summed E-state index contributed by atoms with van der Waals surface area (Å²) in [5.41, 5.74) is 3.90. The molecular weight excluding hydrogens is 194 g/mol. The van der Waals surface area contributed by atoms with Crippen LogP contribution in [0.3, 0.4) is 0 Å². The van der Waals surface area contributed by atoms with Crippen LogP contribution in [0.15, 0.2) is 54.6 Å². The van der Waals surface area contributed by atoms with Crippen LogP contribution in [0.25, 0.3) is 11.1 Å². The average Bonchev–Trinajstić information content (AvgIpc) is 2.38. The smallest absolute Gasteiger partial charge is 0.0214 e. The maximum absolute atomic E-state index is 3.25. The molecule has 0 atom stereocenters. The van der Waals surface area contributed by atoms with Crippen LogP contribution in [0, 0.1) is 6.54 Å². The van der Waals surface area contributed by atoms with Gasteiger partial charge < -0.3 is 5.32 Å². The first-order chi connectivity index (χ1) is 7.92. The molecule has 0 aromatic heterocycles. The summed E-state index contributed by atoms with van der Waals surface area (Å²) in [7, 11) is 0. The lowest BCUT2D eigenvalue weighted by Gasteiger charge is -2.09. The molecule has 0 aliphatic carbocycles. The van der Waals surface area contributed by atoms with Crippen LogP contribution in [0.5, 0.6) is 0 Å². The van der Waals surface area contributed by atoms with Gasteiger partial charge >= 0.3 is 0 Å². The zero-order valence-electron chi connectivity index (χ0n) is 9.48. The molecule has 1 nitrogen and oxygen atoms in total. The summed E-state index contributed by atoms with van der Waals surface area (Å²) in [5, 5.41) is 3.25. The molecule has 0 aliphatic rings. The summed E-state index contributed by atoms with van der Waals surface area (Å²) in [6, 6.07) is 19.0. The molecule has 0 saturated heterocycles. The van der Waals surface area contributed by atoms with E-state index < -0.39 is 0 Å². The molecule has 81 valence electrons. The van der Waals surface area contributed by atoms with Gasteiger partial charge in [-0.25, -0.2) is 0 Å². The summed E-state index contributed by atoms with van der Waals surface area (Å²) in [6.45, 7) is 4.86. The van der Waals surface area contributed by atoms with Crippen LogP contribution in [-0.2, 0) is 6.54 Å². The molecule has 0 spiro atoms. The van der Waals surface area contributed by atoms with E-state index in [4.69, 9.17) is 0 Å². The van der Waals surface area contributed by atoms with Crippen molar-refractivity contribution in [3.63, 3.8) is 0 Å². The molecule has 2 aromatic rings. The standard InChI is InChI=1S/C15H16N/c1-2-16-12-14-10-6-7-11-15(14)13-8-4-3-5-9-13/h2-11,16H,12H2,1H3. The fourth-order valence-electron chi connectivity index (χ4n) is 1.79. The normalized spacial score (nSPS) is 10.3. The number of hydrogen-bond donors (Lipinski definition) is 1. The lowest BCUT2D eigenvalue weighted by atomic mass is 10.00. The van der Waals surface area contributed by atoms with Gasteiger partial charge in [-0.1, -0.05) is 54.6 Å². The van der Waals surface area contributed by atoms with Crippen molar-refractivity contribution in [1.82, 2.24) is 5.32 Å². The lowest BCUT2D eigenvalue weighted by Crippen LogP contribution is -2.08. The molecule has 0 heterocycles. The van der Waals surface area contributed by atoms with Crippen molar-refractivity contribution >= 4 is 0 Å². The van der Waals surface area contributed by atoms with Crippen LogP contribution >= 0.6 is 0 Å². The Kier molecular flexibility index (Phi) is 3.73. The van der Waals surface area contributed by atoms with E-state index in [0.717, 1.165) is 6.54 Å². The van der Waals surface area contributed by atoms with Crippen molar-refractivity contribution in [2.24, 2.45) is 0 Å². The second-order valence-electron chi connectivity index (χ2n) is 3.69. The van der Waals surface area contributed by atoms with Crippen molar-refractivity contribution in [3.05, 3.63) is 66.7 Å². The molecular formula is C15H16N. The summed E-state index contributed by atoms with van der Waals surface area (Å²) >= 11 is 0. The maximum atomic E-state index is 3.25. The Morgan fingerprint density at radius 2 is 1.62 bits per heavy atom. The highest BCUT2D eigenvalue weighted by molar-refractivity contribution is 5.67. The molecule has 0 amide bonds. The van der Waals surface area contributed by atoms with Crippen molar-refractivity contribution in [2.45, 2.75) is 13.5 Å². The number of hydrogen-bond acceptors (Lipinski definition) is 1. The van der Waals surface area contributed by atoms with E-state index in [0.29, 0.717) is 0 Å². The van der Waals surface area contributed by atoms with Crippen LogP contribution in [0.2, 0.25) is 0 Å². The monoisotopic (exact) mass is 210 g/mol. The van der Waals surface area contributed by atoms with Gasteiger partial charge in [-0.05, 0) is 23.6 Å². The van der Waals surface area contributed by atoms with Gasteiger partial charge in [-0.2, -0.15) is 0 Å². The van der Waals surface area contributed by atoms with E-state index in [1.54, 1.807) is 0 Å². The summed E-state index contributed by atoms with van der Waals surface area (Å²) in [4.78, 5) is 0. The van der Waals surface area contributed by atoms with Gasteiger partial charge in [-0.15, -0.1) is 0 Å². The van der Waals surface area contributed by atoms with Gasteiger partial charge in [0.1, 0.15) is 0 Å². The van der Waals surface area contributed by atoms with E-state index >= 15 is 0 Å². The quantitative estimate of drug-likeness (QED) is 0.812. The molecule has 2 rings (SSSR count). The summed E-state index contributed by atoms with van der Waals surface area (Å²) in [5.74, 6) is 0. The highest BCUT2D eigenvalue weighted by Crippen LogP contribution is 2.23. The summed E-state index contributed by atoms with van der Waals surface area (Å²) < 4.78 is 0. The molecule has 1 N–H and O–H groups in total. The summed E-state index contributed by atoms with van der Waals surface area (Å²) in [6.07, 6.45) is 0. The van der Waals surface area contributed by atoms with E-state index in [-0.39, 0.29) is 0 Å². The Morgan fingerprint density at radius 3 is 2.38 bits per heavy atom. The van der Waals surface area contributed by atoms with Crippen LogP contribution < -0.4 is 5.32 Å². The number of rotatable bonds is 4. The third-order valence-corrected chi connectivity index (χ3v) is 2.60. The van der Waals surface area contributed by atoms with Crippen LogP contribution in [0.4, 0.5) is 0 Å². The molecule has 1 radical (unpaired) electrons. The van der Waals surface area contributed by atoms with Crippen molar-refractivity contribution in [3.8, 4) is 11.1 Å². The van der Waals surface area contributed by atoms with Crippen molar-refractivity contribution in [1.29, 1.82) is 0 Å². The minimum absolute atomic E-state index is 0.877. The van der Waals surface area contributed by atoms with E-state index in [2.05, 4.69) is 53.8 Å². The fraction of sp³-hybridized carbons (Fsp3) is 0.133. The second-order valence-corrected chi connectivity index (χ2v) is 3.69. The van der Waals surface area contributed by atoms with Gasteiger partial charge in [0, 0.05) is 13.1 Å². The average molecular weight is 210 g/mol. The predicted octanol–water partition coefficient (Wildman–Crippen LogP) is 3.62. The molecule has 0 saturated carbocycles. The van der Waals surface area contributed by atoms with Gasteiger partial charge in [0.05, 0.1) is 0 Å². The molecule has 0 unspecified atom stereocenters. The lowest BCUT2D eigenvalue weighted by molar-refractivity contribution is 0.807. The topological polar surface area (TPSA) is 12.0 Å². The number of benzene rings is 2. The Labute approximate surface area is 97.1 Å². The first-order valence-electron chi connectivity index (χ1n) is 5.56. The molecule has 0 aliphatic heterocycles. The van der Waals surface area contributed by atoms with Crippen molar-refractivity contribution < 1.29 is 0 Å². The van der Waals surface area contributed by atoms with Gasteiger partial charge in [0.15, 0.2) is 0 Å². The van der Waals surface area contributed by atoms with Crippen LogP contribution in [-0.4, -0.2) is 0 Å². The highest BCUT2D eigenvalue weighted by Gasteiger charge is 2.02. The fourth-order valence-corrected chi connectivity index (χ4v) is 1.79. The van der Waals surface area contributed by atoms with Crippen molar-refractivity contribution in [2.75, 3.05) is 0 Å². The van der Waals surface area contributed by atoms with E-state index in [1.807, 2.05) is 19.5 Å². The SMILES string of the molecule is C[CH]NCc1ccccc1-c1ccccc1. The van der Waals surface area contributed by atoms with E-state index in [9.17, 15) is 0 Å². The van der Waals surface area contributed by atoms with Gasteiger partial charge in [0.2, 0.25) is 0 Å². The largest absolute Gasteiger partial charge is 0.309 e. The predicted molar refractivity (Wildman–Crippen MR) is 68.7 cm³/mol. The Bertz CT molecular complexity index is 434. The third kappa shape index (κ3) is 2.50. The van der Waals surface area contributed by atoms with Crippen LogP contribution in [0.1, 0.15) is 12.5 Å². The molecule has 0 fully saturated rings. The minimum atomic E-state index is 0.877. The highest BCUT2D eigenvalue weighted by atomic mass is 14.8. The zero-order valence-corrected chi connectivity index (χ0v) is 9.48. The Hall–Kier alpha value is -1.60. The van der Waals surface area contributed by atoms with E-state index in [1.165, 1.54) is 16.7 Å². The molecule has 1 heteroatoms. The zero-order chi connectivity index (χ0) is 11.2. The number of nitrogens with one attached hydrogen (secondary N) is 1. The Balaban J connectivity index is 2.33. The maximum Gasteiger partial charge on any atom is 0.0214 e. The van der Waals surface area contributed by atoms with Gasteiger partial charge in [0.25, 0.3) is 0 Å².